The van der Waals surface area contributed by atoms with E-state index in [4.69, 9.17) is 0 Å². The van der Waals surface area contributed by atoms with Gasteiger partial charge in [-0.15, -0.1) is 0 Å². The first kappa shape index (κ1) is 14.9. The molecule has 0 amide bonds. The summed E-state index contributed by atoms with van der Waals surface area (Å²) in [6, 6.07) is 0.643. The fraction of sp³-hybridized carbons (Fsp3) is 1.00. The van der Waals surface area contributed by atoms with Crippen molar-refractivity contribution in [2.24, 2.45) is 5.92 Å². The van der Waals surface area contributed by atoms with Crippen LogP contribution in [0.2, 0.25) is 0 Å². The molecule has 0 bridgehead atoms. The number of hydrogen-bond acceptors (Lipinski definition) is 2. The van der Waals surface area contributed by atoms with Crippen molar-refractivity contribution in [2.45, 2.75) is 59.5 Å². The van der Waals surface area contributed by atoms with Gasteiger partial charge in [-0.3, -0.25) is 0 Å². The summed E-state index contributed by atoms with van der Waals surface area (Å²) in [5, 5.41) is 3.60. The maximum atomic E-state index is 3.60. The number of nitrogens with one attached hydrogen (secondary N) is 1. The van der Waals surface area contributed by atoms with Gasteiger partial charge in [0.25, 0.3) is 0 Å². The van der Waals surface area contributed by atoms with Crippen molar-refractivity contribution in [1.29, 1.82) is 0 Å². The highest BCUT2D eigenvalue weighted by molar-refractivity contribution is 4.79. The fourth-order valence-electron chi connectivity index (χ4n) is 1.83. The highest BCUT2D eigenvalue weighted by atomic mass is 15.2. The van der Waals surface area contributed by atoms with Crippen LogP contribution in [0.1, 0.15) is 48.0 Å². The van der Waals surface area contributed by atoms with E-state index in [2.05, 4.69) is 58.8 Å². The third-order valence-electron chi connectivity index (χ3n) is 2.75. The van der Waals surface area contributed by atoms with E-state index in [1.807, 2.05) is 0 Å². The quantitative estimate of drug-likeness (QED) is 0.731. The Morgan fingerprint density at radius 2 is 1.73 bits per heavy atom. The molecule has 0 rings (SSSR count). The highest BCUT2D eigenvalue weighted by Crippen LogP contribution is 2.10. The van der Waals surface area contributed by atoms with Crippen LogP contribution in [0.3, 0.4) is 0 Å². The van der Waals surface area contributed by atoms with Crippen LogP contribution in [0.4, 0.5) is 0 Å². The number of rotatable bonds is 6. The molecule has 0 saturated carbocycles. The fourth-order valence-corrected chi connectivity index (χ4v) is 1.83. The van der Waals surface area contributed by atoms with Crippen LogP contribution in [0.25, 0.3) is 0 Å². The van der Waals surface area contributed by atoms with Crippen molar-refractivity contribution in [2.75, 3.05) is 20.1 Å². The van der Waals surface area contributed by atoms with Crippen molar-refractivity contribution in [3.63, 3.8) is 0 Å². The van der Waals surface area contributed by atoms with Gasteiger partial charge in [-0.05, 0) is 46.7 Å². The Labute approximate surface area is 96.4 Å². The average Bonchev–Trinajstić information content (AvgIpc) is 2.01. The molecule has 1 unspecified atom stereocenters. The predicted octanol–water partition coefficient (Wildman–Crippen LogP) is 2.74. The summed E-state index contributed by atoms with van der Waals surface area (Å²) in [5.41, 5.74) is 0.222. The van der Waals surface area contributed by atoms with Crippen LogP contribution in [0, 0.1) is 5.92 Å². The Hall–Kier alpha value is -0.0800. The lowest BCUT2D eigenvalue weighted by atomic mass is 10.0. The molecule has 0 aromatic carbocycles. The summed E-state index contributed by atoms with van der Waals surface area (Å²) in [5.74, 6) is 0.705. The molecule has 0 heterocycles. The van der Waals surface area contributed by atoms with Crippen LogP contribution in [-0.4, -0.2) is 36.6 Å². The van der Waals surface area contributed by atoms with Crippen molar-refractivity contribution >= 4 is 0 Å². The van der Waals surface area contributed by atoms with Gasteiger partial charge >= 0.3 is 0 Å². The summed E-state index contributed by atoms with van der Waals surface area (Å²) in [6.07, 6.45) is 1.23. The summed E-state index contributed by atoms with van der Waals surface area (Å²) in [4.78, 5) is 2.48. The van der Waals surface area contributed by atoms with Gasteiger partial charge in [0.2, 0.25) is 0 Å². The number of likely N-dealkylation sites (N-methyl/N-ethyl adjacent to an activating group) is 1. The molecule has 2 heteroatoms. The molecule has 2 nitrogen and oxygen atoms in total. The zero-order valence-electron chi connectivity index (χ0n) is 11.7. The van der Waals surface area contributed by atoms with Crippen LogP contribution in [-0.2, 0) is 0 Å². The van der Waals surface area contributed by atoms with Crippen molar-refractivity contribution in [1.82, 2.24) is 10.2 Å². The molecule has 0 aromatic heterocycles. The molecule has 0 aromatic rings. The predicted molar refractivity (Wildman–Crippen MR) is 69.3 cm³/mol. The molecule has 0 radical (unpaired) electrons. The highest BCUT2D eigenvalue weighted by Gasteiger charge is 2.20. The van der Waals surface area contributed by atoms with Gasteiger partial charge in [-0.1, -0.05) is 20.8 Å². The maximum Gasteiger partial charge on any atom is 0.0240 e. The minimum atomic E-state index is 0.222. The molecule has 0 fully saturated rings. The smallest absolute Gasteiger partial charge is 0.0240 e. The van der Waals surface area contributed by atoms with Gasteiger partial charge in [-0.25, -0.2) is 0 Å². The zero-order chi connectivity index (χ0) is 12.1. The molecule has 1 atom stereocenters. The molecule has 0 saturated heterocycles. The van der Waals surface area contributed by atoms with Gasteiger partial charge in [0, 0.05) is 18.1 Å². The second-order valence-electron chi connectivity index (χ2n) is 5.92. The molecule has 1 N–H and O–H groups in total. The van der Waals surface area contributed by atoms with E-state index in [9.17, 15) is 0 Å². The lowest BCUT2D eigenvalue weighted by molar-refractivity contribution is 0.177. The number of hydrogen-bond donors (Lipinski definition) is 1. The second kappa shape index (κ2) is 6.49. The van der Waals surface area contributed by atoms with Crippen LogP contribution in [0.15, 0.2) is 0 Å². The van der Waals surface area contributed by atoms with Crippen molar-refractivity contribution in [3.05, 3.63) is 0 Å². The summed E-state index contributed by atoms with van der Waals surface area (Å²) in [7, 11) is 2.23. The third kappa shape index (κ3) is 6.91. The Kier molecular flexibility index (Phi) is 6.46. The third-order valence-corrected chi connectivity index (χ3v) is 2.75. The SMILES string of the molecule is CCCN(C)C(CNC(C)(C)C)C(C)C. The molecular formula is C13H30N2. The standard InChI is InChI=1S/C13H30N2/c1-8-9-15(7)12(11(2)3)10-14-13(4,5)6/h11-12,14H,8-10H2,1-7H3. The van der Waals surface area contributed by atoms with Crippen molar-refractivity contribution < 1.29 is 0 Å². The summed E-state index contributed by atoms with van der Waals surface area (Å²) >= 11 is 0. The van der Waals surface area contributed by atoms with E-state index in [1.54, 1.807) is 0 Å². The Balaban J connectivity index is 4.16. The van der Waals surface area contributed by atoms with E-state index >= 15 is 0 Å². The van der Waals surface area contributed by atoms with Gasteiger partial charge in [0.15, 0.2) is 0 Å². The van der Waals surface area contributed by atoms with Crippen LogP contribution in [0.5, 0.6) is 0 Å². The first-order chi connectivity index (χ1) is 6.78. The van der Waals surface area contributed by atoms with E-state index in [1.165, 1.54) is 13.0 Å². The minimum absolute atomic E-state index is 0.222. The lowest BCUT2D eigenvalue weighted by Crippen LogP contribution is -2.48. The van der Waals surface area contributed by atoms with E-state index in [0.717, 1.165) is 6.54 Å². The van der Waals surface area contributed by atoms with Gasteiger partial charge < -0.3 is 10.2 Å². The molecule has 0 spiro atoms. The summed E-state index contributed by atoms with van der Waals surface area (Å²) < 4.78 is 0. The minimum Gasteiger partial charge on any atom is -0.311 e. The van der Waals surface area contributed by atoms with E-state index < -0.39 is 0 Å². The molecule has 0 aliphatic rings. The molecule has 92 valence electrons. The number of nitrogens with zero attached hydrogens (tertiary/aromatic N) is 1. The summed E-state index contributed by atoms with van der Waals surface area (Å²) in [6.45, 7) is 15.8. The molecular weight excluding hydrogens is 184 g/mol. The maximum absolute atomic E-state index is 3.60. The first-order valence-electron chi connectivity index (χ1n) is 6.23. The largest absolute Gasteiger partial charge is 0.311 e. The van der Waals surface area contributed by atoms with Crippen molar-refractivity contribution in [3.8, 4) is 0 Å². The second-order valence-corrected chi connectivity index (χ2v) is 5.92. The average molecular weight is 214 g/mol. The Morgan fingerprint density at radius 1 is 1.20 bits per heavy atom. The first-order valence-corrected chi connectivity index (χ1v) is 6.23. The van der Waals surface area contributed by atoms with Gasteiger partial charge in [0.1, 0.15) is 0 Å². The van der Waals surface area contributed by atoms with Gasteiger partial charge in [-0.2, -0.15) is 0 Å². The van der Waals surface area contributed by atoms with Crippen LogP contribution < -0.4 is 5.32 Å². The lowest BCUT2D eigenvalue weighted by Gasteiger charge is -2.34. The molecule has 0 aliphatic carbocycles. The normalized spacial score (nSPS) is 15.0. The Morgan fingerprint density at radius 3 is 2.07 bits per heavy atom. The van der Waals surface area contributed by atoms with Gasteiger partial charge in [0.05, 0.1) is 0 Å². The molecule has 0 aliphatic heterocycles. The zero-order valence-corrected chi connectivity index (χ0v) is 11.7. The monoisotopic (exact) mass is 214 g/mol. The van der Waals surface area contributed by atoms with Crippen LogP contribution >= 0.6 is 0 Å². The topological polar surface area (TPSA) is 15.3 Å². The van der Waals surface area contributed by atoms with E-state index in [-0.39, 0.29) is 5.54 Å². The molecule has 15 heavy (non-hydrogen) atoms. The van der Waals surface area contributed by atoms with E-state index in [0.29, 0.717) is 12.0 Å². The Bertz CT molecular complexity index is 158.